The highest BCUT2D eigenvalue weighted by molar-refractivity contribution is 8.09. The van der Waals surface area contributed by atoms with Crippen molar-refractivity contribution in [1.29, 1.82) is 0 Å². The van der Waals surface area contributed by atoms with Gasteiger partial charge in [0.25, 0.3) is 0 Å². The van der Waals surface area contributed by atoms with Crippen LogP contribution >= 0.6 is 11.8 Å². The highest BCUT2D eigenvalue weighted by Crippen LogP contribution is 2.40. The standard InChI is InChI=1S/C37H38N2O5S/c1-2-3-7-26-10-12-29(13-11-26)35-19-18-32(45-35)25-42-31-16-14-28(15-17-31)33(34-20-21-44-38-34)23-36(40)39-30(24-43-37(39)41)22-27-8-5-4-6-9-27/h4-6,8-17,19-21,30,32-33H,2-3,7,18,22-25H2,1H3/t30-,32?,33-/m0/s1. The molecule has 0 radical (unpaired) electrons. The largest absolute Gasteiger partial charge is 0.492 e. The summed E-state index contributed by atoms with van der Waals surface area (Å²) in [5.74, 6) is 0.0786. The zero-order valence-electron chi connectivity index (χ0n) is 25.5. The number of hydrogen-bond donors (Lipinski definition) is 0. The number of nitrogens with zero attached hydrogens (tertiary/aromatic N) is 2. The smallest absolute Gasteiger partial charge is 0.416 e. The van der Waals surface area contributed by atoms with Crippen LogP contribution in [0.3, 0.4) is 0 Å². The van der Waals surface area contributed by atoms with Crippen molar-refractivity contribution >= 4 is 28.7 Å². The summed E-state index contributed by atoms with van der Waals surface area (Å²) in [6, 6.07) is 27.9. The fraction of sp³-hybridized carbons (Fsp3) is 0.324. The van der Waals surface area contributed by atoms with Gasteiger partial charge >= 0.3 is 6.09 Å². The van der Waals surface area contributed by atoms with Gasteiger partial charge in [-0.25, -0.2) is 9.69 Å². The summed E-state index contributed by atoms with van der Waals surface area (Å²) in [6.45, 7) is 3.01. The van der Waals surface area contributed by atoms with Crippen LogP contribution in [0.5, 0.6) is 5.75 Å². The number of carbonyl (C=O) groups is 2. The van der Waals surface area contributed by atoms with Crippen molar-refractivity contribution in [3.8, 4) is 5.75 Å². The molecule has 0 spiro atoms. The molecule has 45 heavy (non-hydrogen) atoms. The van der Waals surface area contributed by atoms with Crippen LogP contribution in [0, 0.1) is 0 Å². The van der Waals surface area contributed by atoms with Crippen molar-refractivity contribution < 1.29 is 23.6 Å². The van der Waals surface area contributed by atoms with Crippen molar-refractivity contribution in [1.82, 2.24) is 10.1 Å². The summed E-state index contributed by atoms with van der Waals surface area (Å²) in [4.78, 5) is 28.8. The normalized spacial score (nSPS) is 18.5. The molecule has 2 aliphatic rings. The summed E-state index contributed by atoms with van der Waals surface area (Å²) in [7, 11) is 0. The average molecular weight is 623 g/mol. The van der Waals surface area contributed by atoms with Gasteiger partial charge in [-0.1, -0.05) is 91.3 Å². The zero-order chi connectivity index (χ0) is 31.0. The molecule has 1 saturated heterocycles. The van der Waals surface area contributed by atoms with E-state index in [0.717, 1.165) is 29.7 Å². The van der Waals surface area contributed by atoms with Crippen molar-refractivity contribution in [2.24, 2.45) is 0 Å². The van der Waals surface area contributed by atoms with E-state index in [1.807, 2.05) is 66.4 Å². The van der Waals surface area contributed by atoms with Gasteiger partial charge in [0.1, 0.15) is 25.2 Å². The Bertz CT molecular complexity index is 1590. The number of aromatic nitrogens is 1. The van der Waals surface area contributed by atoms with Gasteiger partial charge in [0.15, 0.2) is 0 Å². The molecule has 6 rings (SSSR count). The molecule has 2 aliphatic heterocycles. The lowest BCUT2D eigenvalue weighted by Crippen LogP contribution is -2.40. The summed E-state index contributed by atoms with van der Waals surface area (Å²) < 4.78 is 16.6. The molecule has 232 valence electrons. The predicted octanol–water partition coefficient (Wildman–Crippen LogP) is 8.05. The van der Waals surface area contributed by atoms with Crippen LogP contribution in [0.15, 0.2) is 102 Å². The van der Waals surface area contributed by atoms with Crippen LogP contribution in [-0.2, 0) is 22.4 Å². The van der Waals surface area contributed by atoms with E-state index in [1.165, 1.54) is 40.0 Å². The first-order valence-corrected chi connectivity index (χ1v) is 16.6. The second kappa shape index (κ2) is 14.7. The Morgan fingerprint density at radius 2 is 1.82 bits per heavy atom. The Hall–Kier alpha value is -4.30. The number of cyclic esters (lactones) is 1. The number of carbonyl (C=O) groups excluding carboxylic acids is 2. The Morgan fingerprint density at radius 1 is 1.02 bits per heavy atom. The quantitative estimate of drug-likeness (QED) is 0.149. The van der Waals surface area contributed by atoms with Gasteiger partial charge < -0.3 is 14.0 Å². The number of amides is 2. The lowest BCUT2D eigenvalue weighted by atomic mass is 9.91. The second-order valence-electron chi connectivity index (χ2n) is 11.6. The van der Waals surface area contributed by atoms with Gasteiger partial charge in [-0.3, -0.25) is 4.79 Å². The average Bonchev–Trinajstić information content (AvgIpc) is 3.85. The Labute approximate surface area is 268 Å². The van der Waals surface area contributed by atoms with Gasteiger partial charge in [0.05, 0.1) is 11.7 Å². The minimum atomic E-state index is -0.602. The number of unbranched alkanes of at least 4 members (excludes halogenated alkanes) is 1. The van der Waals surface area contributed by atoms with Gasteiger partial charge in [0.2, 0.25) is 5.91 Å². The predicted molar refractivity (Wildman–Crippen MR) is 176 cm³/mol. The highest BCUT2D eigenvalue weighted by atomic mass is 32.2. The molecule has 1 unspecified atom stereocenters. The Morgan fingerprint density at radius 3 is 2.56 bits per heavy atom. The van der Waals surface area contributed by atoms with Crippen molar-refractivity contribution in [2.45, 2.75) is 62.7 Å². The molecule has 1 fully saturated rings. The molecule has 4 aromatic rings. The van der Waals surface area contributed by atoms with Crippen LogP contribution in [0.25, 0.3) is 4.91 Å². The van der Waals surface area contributed by atoms with Gasteiger partial charge in [-0.15, -0.1) is 11.8 Å². The summed E-state index contributed by atoms with van der Waals surface area (Å²) >= 11 is 1.87. The number of ether oxygens (including phenoxy) is 2. The minimum Gasteiger partial charge on any atom is -0.492 e. The first kappa shape index (κ1) is 30.7. The minimum absolute atomic E-state index is 0.0554. The molecule has 0 aliphatic carbocycles. The Balaban J connectivity index is 1.06. The summed E-state index contributed by atoms with van der Waals surface area (Å²) in [5, 5.41) is 4.49. The van der Waals surface area contributed by atoms with E-state index in [1.54, 1.807) is 6.07 Å². The van der Waals surface area contributed by atoms with Crippen LogP contribution in [-0.4, -0.2) is 46.6 Å². The maximum absolute atomic E-state index is 13.6. The molecule has 0 bridgehead atoms. The fourth-order valence-electron chi connectivity index (χ4n) is 5.87. The summed E-state index contributed by atoms with van der Waals surface area (Å²) in [5.41, 5.74) is 5.23. The maximum atomic E-state index is 13.6. The van der Waals surface area contributed by atoms with Crippen LogP contribution in [0.2, 0.25) is 0 Å². The first-order chi connectivity index (χ1) is 22.1. The molecule has 3 atom stereocenters. The van der Waals surface area contributed by atoms with E-state index in [2.05, 4.69) is 42.4 Å². The molecule has 3 heterocycles. The topological polar surface area (TPSA) is 81.9 Å². The van der Waals surface area contributed by atoms with Gasteiger partial charge in [0, 0.05) is 28.6 Å². The van der Waals surface area contributed by atoms with Crippen LogP contribution in [0.1, 0.15) is 66.5 Å². The van der Waals surface area contributed by atoms with Crippen LogP contribution < -0.4 is 4.74 Å². The van der Waals surface area contributed by atoms with Gasteiger partial charge in [-0.2, -0.15) is 0 Å². The van der Waals surface area contributed by atoms with Crippen LogP contribution in [0.4, 0.5) is 4.79 Å². The molecule has 8 heteroatoms. The number of thioether (sulfide) groups is 1. The second-order valence-corrected chi connectivity index (χ2v) is 12.9. The number of rotatable bonds is 13. The van der Waals surface area contributed by atoms with E-state index in [-0.39, 0.29) is 30.9 Å². The number of imide groups is 1. The van der Waals surface area contributed by atoms with E-state index in [9.17, 15) is 9.59 Å². The molecule has 3 aromatic carbocycles. The van der Waals surface area contributed by atoms with E-state index >= 15 is 0 Å². The first-order valence-electron chi connectivity index (χ1n) is 15.7. The maximum Gasteiger partial charge on any atom is 0.416 e. The zero-order valence-corrected chi connectivity index (χ0v) is 26.3. The summed E-state index contributed by atoms with van der Waals surface area (Å²) in [6.07, 6.45) is 8.34. The molecule has 2 amide bonds. The van der Waals surface area contributed by atoms with E-state index < -0.39 is 6.09 Å². The molecule has 7 nitrogen and oxygen atoms in total. The molecule has 0 N–H and O–H groups in total. The molecular weight excluding hydrogens is 584 g/mol. The third-order valence-electron chi connectivity index (χ3n) is 8.37. The van der Waals surface area contributed by atoms with Crippen molar-refractivity contribution in [2.75, 3.05) is 13.2 Å². The van der Waals surface area contributed by atoms with Crippen molar-refractivity contribution in [3.63, 3.8) is 0 Å². The fourth-order valence-corrected chi connectivity index (χ4v) is 7.03. The SMILES string of the molecule is CCCCc1ccc(C2=CCC(COc3ccc([C@H](CC(=O)N4C(=O)OC[C@@H]4Cc4ccccc4)c4ccon4)cc3)S2)cc1. The highest BCUT2D eigenvalue weighted by Gasteiger charge is 2.39. The number of aryl methyl sites for hydroxylation is 1. The lowest BCUT2D eigenvalue weighted by molar-refractivity contribution is -0.129. The third kappa shape index (κ3) is 7.68. The Kier molecular flexibility index (Phi) is 10.0. The van der Waals surface area contributed by atoms with E-state index in [0.29, 0.717) is 24.0 Å². The van der Waals surface area contributed by atoms with Gasteiger partial charge in [-0.05, 0) is 60.1 Å². The van der Waals surface area contributed by atoms with Crippen molar-refractivity contribution in [3.05, 3.63) is 125 Å². The number of benzene rings is 3. The molecular formula is C37H38N2O5S. The third-order valence-corrected chi connectivity index (χ3v) is 9.69. The molecule has 0 saturated carbocycles. The number of allylic oxidation sites excluding steroid dienone is 1. The monoisotopic (exact) mass is 622 g/mol. The molecule has 1 aromatic heterocycles. The van der Waals surface area contributed by atoms with E-state index in [4.69, 9.17) is 14.0 Å². The lowest BCUT2D eigenvalue weighted by Gasteiger charge is -2.22. The number of hydrogen-bond acceptors (Lipinski definition) is 7.